The summed E-state index contributed by atoms with van der Waals surface area (Å²) in [7, 11) is 0. The number of nitrogens with one attached hydrogen (secondary N) is 1. The monoisotopic (exact) mass is 555 g/mol. The van der Waals surface area contributed by atoms with E-state index in [1.54, 1.807) is 24.3 Å². The summed E-state index contributed by atoms with van der Waals surface area (Å²) < 4.78 is 1.54. The Hall–Kier alpha value is -4.41. The molecular formula is C29H22ClN5O5. The molecule has 7 rings (SSSR count). The highest BCUT2D eigenvalue weighted by molar-refractivity contribution is 6.33. The lowest BCUT2D eigenvalue weighted by Crippen LogP contribution is -2.51. The van der Waals surface area contributed by atoms with Crippen LogP contribution >= 0.6 is 11.6 Å². The maximum absolute atomic E-state index is 14.4. The van der Waals surface area contributed by atoms with Gasteiger partial charge in [-0.3, -0.25) is 34.4 Å². The molecule has 2 saturated heterocycles. The van der Waals surface area contributed by atoms with E-state index in [1.807, 2.05) is 38.1 Å². The van der Waals surface area contributed by atoms with Gasteiger partial charge >= 0.3 is 0 Å². The summed E-state index contributed by atoms with van der Waals surface area (Å²) in [6.07, 6.45) is 0. The highest BCUT2D eigenvalue weighted by Crippen LogP contribution is 2.56. The first-order valence-corrected chi connectivity index (χ1v) is 13.3. The van der Waals surface area contributed by atoms with Gasteiger partial charge in [-0.1, -0.05) is 55.8 Å². The molecule has 3 aromatic carbocycles. The minimum Gasteiger partial charge on any atom is -0.296 e. The number of carbonyl (C=O) groups is 2. The summed E-state index contributed by atoms with van der Waals surface area (Å²) in [6, 6.07) is 17.8. The molecule has 200 valence electrons. The van der Waals surface area contributed by atoms with E-state index in [4.69, 9.17) is 16.6 Å². The van der Waals surface area contributed by atoms with Crippen molar-refractivity contribution < 1.29 is 14.5 Å². The third-order valence-electron chi connectivity index (χ3n) is 8.40. The molecule has 4 heterocycles. The van der Waals surface area contributed by atoms with Crippen LogP contribution < -0.4 is 15.8 Å². The third kappa shape index (κ3) is 2.97. The fourth-order valence-electron chi connectivity index (χ4n) is 6.76. The minimum atomic E-state index is -1.28. The molecule has 1 aromatic heterocycles. The van der Waals surface area contributed by atoms with Crippen molar-refractivity contribution in [2.75, 3.05) is 4.90 Å². The second-order valence-corrected chi connectivity index (χ2v) is 11.1. The molecule has 3 aliphatic heterocycles. The number of aromatic nitrogens is 2. The summed E-state index contributed by atoms with van der Waals surface area (Å²) in [5, 5.41) is 15.6. The van der Waals surface area contributed by atoms with Gasteiger partial charge < -0.3 is 0 Å². The van der Waals surface area contributed by atoms with E-state index in [9.17, 15) is 24.5 Å². The Morgan fingerprint density at radius 1 is 1.02 bits per heavy atom. The number of carbonyl (C=O) groups excluding carboxylic acids is 2. The van der Waals surface area contributed by atoms with Crippen LogP contribution in [0, 0.1) is 27.9 Å². The Kier molecular flexibility index (Phi) is 5.11. The molecule has 2 fully saturated rings. The van der Waals surface area contributed by atoms with Crippen molar-refractivity contribution in [3.05, 3.63) is 104 Å². The molecular weight excluding hydrogens is 534 g/mol. The van der Waals surface area contributed by atoms with Crippen molar-refractivity contribution in [2.24, 2.45) is 17.8 Å². The molecule has 0 radical (unpaired) electrons. The normalized spacial score (nSPS) is 24.7. The molecule has 0 unspecified atom stereocenters. The molecule has 10 nitrogen and oxygen atoms in total. The molecule has 1 N–H and O–H groups in total. The molecule has 0 saturated carbocycles. The Morgan fingerprint density at radius 2 is 1.75 bits per heavy atom. The van der Waals surface area contributed by atoms with Gasteiger partial charge in [0.1, 0.15) is 16.4 Å². The summed E-state index contributed by atoms with van der Waals surface area (Å²) in [5.74, 6) is -2.46. The first-order valence-electron chi connectivity index (χ1n) is 12.9. The smallest absolute Gasteiger partial charge is 0.289 e. The number of para-hydroxylation sites is 2. The van der Waals surface area contributed by atoms with E-state index >= 15 is 0 Å². The van der Waals surface area contributed by atoms with E-state index < -0.39 is 45.8 Å². The van der Waals surface area contributed by atoms with Gasteiger partial charge in [0.05, 0.1) is 39.0 Å². The van der Waals surface area contributed by atoms with Crippen molar-refractivity contribution in [1.29, 1.82) is 0 Å². The highest BCUT2D eigenvalue weighted by atomic mass is 35.5. The van der Waals surface area contributed by atoms with E-state index in [2.05, 4.69) is 5.32 Å². The summed E-state index contributed by atoms with van der Waals surface area (Å²) in [4.78, 5) is 59.3. The van der Waals surface area contributed by atoms with Crippen LogP contribution in [0.25, 0.3) is 16.6 Å². The molecule has 11 heteroatoms. The summed E-state index contributed by atoms with van der Waals surface area (Å²) in [5.41, 5.74) is -0.110. The summed E-state index contributed by atoms with van der Waals surface area (Å²) >= 11 is 6.02. The Morgan fingerprint density at radius 3 is 2.50 bits per heavy atom. The quantitative estimate of drug-likeness (QED) is 0.230. The number of fused-ring (bicyclic) bond motifs is 8. The first kappa shape index (κ1) is 24.6. The SMILES string of the molecule is CC(C)[C@@H]1N[C@]2(c3ccccc3-n3c2nc2ccccc2c3=O)[C@@H]2C(=O)N(c3ccc(Cl)c([N+](=O)[O-])c3)C(=O)[C@H]21. The third-order valence-corrected chi connectivity index (χ3v) is 8.72. The van der Waals surface area contributed by atoms with Crippen molar-refractivity contribution >= 4 is 45.7 Å². The van der Waals surface area contributed by atoms with Gasteiger partial charge in [-0.25, -0.2) is 9.88 Å². The molecule has 4 aromatic rings. The number of hydrogen-bond acceptors (Lipinski definition) is 7. The molecule has 3 aliphatic rings. The standard InChI is InChI=1S/C29H22ClN5O5/c1-14(2)24-22-23(27(38)33(26(22)37)15-11-12-18(30)21(13-15)35(39)40)29(32-24)17-8-4-6-10-20(17)34-25(36)16-7-3-5-9-19(16)31-28(29)34/h3-14,22-24,32H,1-2H3/t22-,23+,24+,29-/m1/s1. The Labute approximate surface area is 232 Å². The van der Waals surface area contributed by atoms with Gasteiger partial charge in [-0.15, -0.1) is 0 Å². The van der Waals surface area contributed by atoms with Crippen molar-refractivity contribution in [3.63, 3.8) is 0 Å². The number of amides is 2. The fraction of sp³-hybridized carbons (Fsp3) is 0.241. The van der Waals surface area contributed by atoms with Crippen molar-refractivity contribution in [2.45, 2.75) is 25.4 Å². The first-order chi connectivity index (χ1) is 19.2. The van der Waals surface area contributed by atoms with Crippen LogP contribution in [0.15, 0.2) is 71.5 Å². The molecule has 4 atom stereocenters. The fourth-order valence-corrected chi connectivity index (χ4v) is 6.95. The van der Waals surface area contributed by atoms with Crippen LogP contribution in [0.1, 0.15) is 25.2 Å². The Bertz CT molecular complexity index is 1870. The van der Waals surface area contributed by atoms with Crippen LogP contribution in [-0.4, -0.2) is 32.3 Å². The lowest BCUT2D eigenvalue weighted by Gasteiger charge is -2.32. The van der Waals surface area contributed by atoms with Gasteiger partial charge in [-0.2, -0.15) is 0 Å². The average molecular weight is 556 g/mol. The van der Waals surface area contributed by atoms with Crippen molar-refractivity contribution in [1.82, 2.24) is 14.9 Å². The molecule has 1 spiro atoms. The number of nitrogens with zero attached hydrogens (tertiary/aromatic N) is 4. The zero-order chi connectivity index (χ0) is 28.1. The van der Waals surface area contributed by atoms with E-state index in [0.717, 1.165) is 11.0 Å². The molecule has 0 aliphatic carbocycles. The molecule has 0 bridgehead atoms. The number of nitro benzene ring substituents is 1. The molecule has 2 amide bonds. The van der Waals surface area contributed by atoms with Gasteiger partial charge in [-0.05, 0) is 36.2 Å². The van der Waals surface area contributed by atoms with Gasteiger partial charge in [0.15, 0.2) is 0 Å². The average Bonchev–Trinajstić information content (AvgIpc) is 3.53. The lowest BCUT2D eigenvalue weighted by molar-refractivity contribution is -0.384. The second kappa shape index (κ2) is 8.30. The van der Waals surface area contributed by atoms with Crippen LogP contribution in [0.2, 0.25) is 5.02 Å². The number of imide groups is 1. The maximum atomic E-state index is 14.4. The minimum absolute atomic E-state index is 0.0727. The van der Waals surface area contributed by atoms with Gasteiger partial charge in [0, 0.05) is 17.7 Å². The number of anilines is 1. The summed E-state index contributed by atoms with van der Waals surface area (Å²) in [6.45, 7) is 3.92. The predicted molar refractivity (Wildman–Crippen MR) is 147 cm³/mol. The van der Waals surface area contributed by atoms with Gasteiger partial charge in [0.2, 0.25) is 11.8 Å². The van der Waals surface area contributed by atoms with Crippen LogP contribution in [-0.2, 0) is 15.1 Å². The van der Waals surface area contributed by atoms with E-state index in [-0.39, 0.29) is 22.2 Å². The van der Waals surface area contributed by atoms with Gasteiger partial charge in [0.25, 0.3) is 11.2 Å². The van der Waals surface area contributed by atoms with E-state index in [1.165, 1.54) is 16.7 Å². The van der Waals surface area contributed by atoms with Crippen molar-refractivity contribution in [3.8, 4) is 5.69 Å². The number of halogens is 1. The molecule has 40 heavy (non-hydrogen) atoms. The zero-order valence-corrected chi connectivity index (χ0v) is 22.1. The largest absolute Gasteiger partial charge is 0.296 e. The lowest BCUT2D eigenvalue weighted by atomic mass is 9.75. The highest BCUT2D eigenvalue weighted by Gasteiger charge is 2.70. The van der Waals surface area contributed by atoms with Crippen LogP contribution in [0.4, 0.5) is 11.4 Å². The maximum Gasteiger partial charge on any atom is 0.289 e. The van der Waals surface area contributed by atoms with Crippen LogP contribution in [0.3, 0.4) is 0 Å². The number of hydrogen-bond donors (Lipinski definition) is 1. The number of nitro groups is 1. The second-order valence-electron chi connectivity index (χ2n) is 10.7. The topological polar surface area (TPSA) is 127 Å². The predicted octanol–water partition coefficient (Wildman–Crippen LogP) is 3.94. The number of rotatable bonds is 3. The zero-order valence-electron chi connectivity index (χ0n) is 21.4. The van der Waals surface area contributed by atoms with Crippen LogP contribution in [0.5, 0.6) is 0 Å². The Balaban J connectivity index is 1.51. The van der Waals surface area contributed by atoms with E-state index in [0.29, 0.717) is 28.0 Å². The number of benzene rings is 3.